The van der Waals surface area contributed by atoms with Crippen LogP contribution in [-0.2, 0) is 17.8 Å². The summed E-state index contributed by atoms with van der Waals surface area (Å²) in [6.07, 6.45) is 1.46. The van der Waals surface area contributed by atoms with Crippen LogP contribution in [0.2, 0.25) is 0 Å². The molecule has 0 spiro atoms. The lowest BCUT2D eigenvalue weighted by Gasteiger charge is -2.29. The van der Waals surface area contributed by atoms with E-state index in [9.17, 15) is 4.79 Å². The van der Waals surface area contributed by atoms with E-state index in [-0.39, 0.29) is 11.9 Å². The monoisotopic (exact) mass is 476 g/mol. The van der Waals surface area contributed by atoms with E-state index >= 15 is 0 Å². The van der Waals surface area contributed by atoms with Crippen molar-refractivity contribution < 1.29 is 13.9 Å². The molecule has 1 unspecified atom stereocenters. The van der Waals surface area contributed by atoms with Crippen LogP contribution >= 0.6 is 0 Å². The highest BCUT2D eigenvalue weighted by molar-refractivity contribution is 5.91. The van der Waals surface area contributed by atoms with Crippen molar-refractivity contribution in [3.05, 3.63) is 88.6 Å². The maximum Gasteiger partial charge on any atom is 0.273 e. The highest BCUT2D eigenvalue weighted by Crippen LogP contribution is 2.26. The Hall–Kier alpha value is -3.00. The number of ether oxygens (including phenoxy) is 1. The molecule has 1 atom stereocenters. The van der Waals surface area contributed by atoms with Crippen molar-refractivity contribution in [2.24, 2.45) is 0 Å². The van der Waals surface area contributed by atoms with Gasteiger partial charge in [0, 0.05) is 38.8 Å². The maximum absolute atomic E-state index is 12.6. The summed E-state index contributed by atoms with van der Waals surface area (Å²) in [4.78, 5) is 21.8. The highest BCUT2D eigenvalue weighted by atomic mass is 16.5. The molecule has 7 heteroatoms. The molecule has 186 valence electrons. The van der Waals surface area contributed by atoms with Gasteiger partial charge in [-0.1, -0.05) is 54.1 Å². The Bertz CT molecular complexity index is 1090. The third-order valence-electron chi connectivity index (χ3n) is 6.65. The first-order chi connectivity index (χ1) is 17.0. The van der Waals surface area contributed by atoms with E-state index in [1.165, 1.54) is 28.5 Å². The molecular weight excluding hydrogens is 440 g/mol. The van der Waals surface area contributed by atoms with Crippen LogP contribution in [0.5, 0.6) is 0 Å². The third kappa shape index (κ3) is 7.01. The molecule has 1 saturated heterocycles. The number of nitrogens with one attached hydrogen (secondary N) is 1. The molecule has 0 saturated carbocycles. The minimum atomic E-state index is -0.203. The fourth-order valence-electron chi connectivity index (χ4n) is 4.37. The van der Waals surface area contributed by atoms with Gasteiger partial charge in [0.15, 0.2) is 5.69 Å². The molecule has 0 bridgehead atoms. The number of rotatable bonds is 10. The molecule has 2 heterocycles. The molecule has 7 nitrogen and oxygen atoms in total. The van der Waals surface area contributed by atoms with E-state index in [1.54, 1.807) is 0 Å². The van der Waals surface area contributed by atoms with E-state index in [2.05, 4.69) is 83.3 Å². The smallest absolute Gasteiger partial charge is 0.273 e. The van der Waals surface area contributed by atoms with Crippen LogP contribution in [0.1, 0.15) is 51.6 Å². The molecule has 4 rings (SSSR count). The summed E-state index contributed by atoms with van der Waals surface area (Å²) in [6.45, 7) is 12.4. The second-order valence-corrected chi connectivity index (χ2v) is 9.26. The summed E-state index contributed by atoms with van der Waals surface area (Å²) in [5.41, 5.74) is 5.32. The number of carbonyl (C=O) groups excluding carboxylic acids is 1. The molecule has 1 aromatic heterocycles. The second kappa shape index (κ2) is 12.1. The lowest BCUT2D eigenvalue weighted by molar-refractivity contribution is 0.0383. The van der Waals surface area contributed by atoms with Crippen molar-refractivity contribution in [2.75, 3.05) is 39.4 Å². The van der Waals surface area contributed by atoms with Gasteiger partial charge in [0.25, 0.3) is 5.91 Å². The number of morpholine rings is 1. The summed E-state index contributed by atoms with van der Waals surface area (Å²) in [5.74, 6) is 0.335. The number of amides is 1. The van der Waals surface area contributed by atoms with Crippen LogP contribution in [-0.4, -0.2) is 60.1 Å². The Morgan fingerprint density at radius 1 is 1.11 bits per heavy atom. The molecule has 1 amide bonds. The van der Waals surface area contributed by atoms with Gasteiger partial charge in [-0.25, -0.2) is 4.98 Å². The lowest BCUT2D eigenvalue weighted by atomic mass is 10.0. The first kappa shape index (κ1) is 25.1. The molecule has 1 fully saturated rings. The predicted octanol–water partition coefficient (Wildman–Crippen LogP) is 4.12. The van der Waals surface area contributed by atoms with E-state index in [0.717, 1.165) is 39.4 Å². The Labute approximate surface area is 208 Å². The normalized spacial score (nSPS) is 15.3. The number of aromatic nitrogens is 1. The molecule has 1 aliphatic rings. The Morgan fingerprint density at radius 3 is 2.66 bits per heavy atom. The van der Waals surface area contributed by atoms with Gasteiger partial charge in [0.05, 0.1) is 19.8 Å². The van der Waals surface area contributed by atoms with Gasteiger partial charge in [-0.05, 0) is 37.5 Å². The Kier molecular flexibility index (Phi) is 8.69. The fourth-order valence-corrected chi connectivity index (χ4v) is 4.37. The number of benzene rings is 2. The minimum Gasteiger partial charge on any atom is -0.447 e. The van der Waals surface area contributed by atoms with Gasteiger partial charge in [-0.15, -0.1) is 0 Å². The van der Waals surface area contributed by atoms with Crippen LogP contribution in [0, 0.1) is 13.8 Å². The molecule has 2 aromatic carbocycles. The van der Waals surface area contributed by atoms with Crippen LogP contribution in [0.15, 0.2) is 59.2 Å². The van der Waals surface area contributed by atoms with E-state index in [4.69, 9.17) is 9.15 Å². The largest absolute Gasteiger partial charge is 0.447 e. The quantitative estimate of drug-likeness (QED) is 0.475. The Morgan fingerprint density at radius 2 is 1.89 bits per heavy atom. The van der Waals surface area contributed by atoms with Gasteiger partial charge in [-0.2, -0.15) is 0 Å². The fraction of sp³-hybridized carbons (Fsp3) is 0.429. The van der Waals surface area contributed by atoms with E-state index in [0.29, 0.717) is 24.7 Å². The molecule has 3 aromatic rings. The van der Waals surface area contributed by atoms with Crippen molar-refractivity contribution in [3.63, 3.8) is 0 Å². The molecular formula is C28H36N4O3. The lowest BCUT2D eigenvalue weighted by Crippen LogP contribution is -2.41. The number of aryl methyl sites for hydroxylation is 2. The maximum atomic E-state index is 12.6. The number of carbonyl (C=O) groups is 1. The summed E-state index contributed by atoms with van der Waals surface area (Å²) in [7, 11) is 0. The number of hydrogen-bond acceptors (Lipinski definition) is 6. The predicted molar refractivity (Wildman–Crippen MR) is 136 cm³/mol. The molecule has 1 N–H and O–H groups in total. The third-order valence-corrected chi connectivity index (χ3v) is 6.65. The SMILES string of the molecule is Cc1ccc(C)c(CN(Cc2nc(C(=O)NCCN3CCOCC3)co2)C(C)c2ccccc2)c1. The molecule has 35 heavy (non-hydrogen) atoms. The zero-order valence-corrected chi connectivity index (χ0v) is 21.0. The average molecular weight is 477 g/mol. The van der Waals surface area contributed by atoms with Crippen LogP contribution < -0.4 is 5.32 Å². The highest BCUT2D eigenvalue weighted by Gasteiger charge is 2.21. The number of nitrogens with zero attached hydrogens (tertiary/aromatic N) is 3. The van der Waals surface area contributed by atoms with Crippen molar-refractivity contribution in [2.45, 2.75) is 39.9 Å². The summed E-state index contributed by atoms with van der Waals surface area (Å²) < 4.78 is 11.1. The van der Waals surface area contributed by atoms with Gasteiger partial charge >= 0.3 is 0 Å². The van der Waals surface area contributed by atoms with Crippen LogP contribution in [0.4, 0.5) is 0 Å². The number of oxazole rings is 1. The van der Waals surface area contributed by atoms with Crippen molar-refractivity contribution in [1.29, 1.82) is 0 Å². The molecule has 1 aliphatic heterocycles. The van der Waals surface area contributed by atoms with E-state index < -0.39 is 0 Å². The molecule has 0 radical (unpaired) electrons. The summed E-state index contributed by atoms with van der Waals surface area (Å²) in [6, 6.07) is 17.1. The second-order valence-electron chi connectivity index (χ2n) is 9.26. The first-order valence-corrected chi connectivity index (χ1v) is 12.4. The first-order valence-electron chi connectivity index (χ1n) is 12.4. The topological polar surface area (TPSA) is 70.8 Å². The van der Waals surface area contributed by atoms with Crippen molar-refractivity contribution in [1.82, 2.24) is 20.1 Å². The van der Waals surface area contributed by atoms with Crippen molar-refractivity contribution in [3.8, 4) is 0 Å². The van der Waals surface area contributed by atoms with E-state index in [1.807, 2.05) is 6.07 Å². The van der Waals surface area contributed by atoms with Crippen LogP contribution in [0.25, 0.3) is 0 Å². The van der Waals surface area contributed by atoms with Crippen molar-refractivity contribution >= 4 is 5.91 Å². The number of hydrogen-bond donors (Lipinski definition) is 1. The van der Waals surface area contributed by atoms with Gasteiger partial charge < -0.3 is 14.5 Å². The minimum absolute atomic E-state index is 0.147. The molecule has 0 aliphatic carbocycles. The van der Waals surface area contributed by atoms with Gasteiger partial charge in [0.2, 0.25) is 5.89 Å². The average Bonchev–Trinajstić information content (AvgIpc) is 3.35. The van der Waals surface area contributed by atoms with Gasteiger partial charge in [0.1, 0.15) is 6.26 Å². The van der Waals surface area contributed by atoms with Crippen LogP contribution in [0.3, 0.4) is 0 Å². The summed E-state index contributed by atoms with van der Waals surface area (Å²) in [5, 5.41) is 2.96. The Balaban J connectivity index is 1.42. The summed E-state index contributed by atoms with van der Waals surface area (Å²) >= 11 is 0. The standard InChI is InChI=1S/C28H36N4O3/c1-21-9-10-22(2)25(17-21)18-32(23(3)24-7-5-4-6-8-24)19-27-30-26(20-35-27)28(33)29-11-12-31-13-15-34-16-14-31/h4-10,17,20,23H,11-16,18-19H2,1-3H3,(H,29,33). The zero-order valence-electron chi connectivity index (χ0n) is 21.0. The van der Waals surface area contributed by atoms with Gasteiger partial charge in [-0.3, -0.25) is 14.6 Å². The zero-order chi connectivity index (χ0) is 24.6.